The molecule has 0 spiro atoms. The molecule has 0 aliphatic carbocycles. The highest BCUT2D eigenvalue weighted by atomic mass is 16.5. The van der Waals surface area contributed by atoms with Crippen LogP contribution in [0.15, 0.2) is 18.2 Å². The molecule has 1 aromatic rings. The van der Waals surface area contributed by atoms with E-state index in [4.69, 9.17) is 15.2 Å². The number of fused-ring (bicyclic) bond motifs is 1. The quantitative estimate of drug-likeness (QED) is 0.864. The van der Waals surface area contributed by atoms with E-state index in [9.17, 15) is 0 Å². The van der Waals surface area contributed by atoms with Gasteiger partial charge in [0.1, 0.15) is 5.75 Å². The van der Waals surface area contributed by atoms with Crippen molar-refractivity contribution in [1.82, 2.24) is 5.32 Å². The third-order valence-corrected chi connectivity index (χ3v) is 3.90. The summed E-state index contributed by atoms with van der Waals surface area (Å²) < 4.78 is 11.1. The van der Waals surface area contributed by atoms with Crippen LogP contribution < -0.4 is 15.8 Å². The zero-order valence-electron chi connectivity index (χ0n) is 11.2. The number of hydrogen-bond donors (Lipinski definition) is 2. The minimum absolute atomic E-state index is 0.0615. The number of nitrogens with one attached hydrogen (secondary N) is 1. The zero-order valence-corrected chi connectivity index (χ0v) is 11.2. The highest BCUT2D eigenvalue weighted by Crippen LogP contribution is 2.28. The standard InChI is InChI=1S/C15H22N2O2/c16-14(9-13-10-18-7-5-17-13)11-3-4-15-12(8-11)2-1-6-19-15/h3-4,8,13-14,17H,1-2,5-7,9-10,16H2. The molecule has 104 valence electrons. The number of rotatable bonds is 3. The molecule has 2 aliphatic rings. The number of benzene rings is 1. The van der Waals surface area contributed by atoms with Gasteiger partial charge in [-0.05, 0) is 36.5 Å². The van der Waals surface area contributed by atoms with Crippen molar-refractivity contribution >= 4 is 0 Å². The van der Waals surface area contributed by atoms with Crippen LogP contribution in [-0.2, 0) is 11.2 Å². The van der Waals surface area contributed by atoms with Gasteiger partial charge in [-0.25, -0.2) is 0 Å². The Labute approximate surface area is 114 Å². The van der Waals surface area contributed by atoms with Gasteiger partial charge in [0.2, 0.25) is 0 Å². The van der Waals surface area contributed by atoms with Crippen LogP contribution in [0.25, 0.3) is 0 Å². The lowest BCUT2D eigenvalue weighted by molar-refractivity contribution is 0.0720. The van der Waals surface area contributed by atoms with E-state index in [2.05, 4.69) is 23.5 Å². The second kappa shape index (κ2) is 5.90. The predicted octanol–water partition coefficient (Wildman–Crippen LogP) is 1.39. The summed E-state index contributed by atoms with van der Waals surface area (Å²) in [4.78, 5) is 0. The Morgan fingerprint density at radius 2 is 2.32 bits per heavy atom. The summed E-state index contributed by atoms with van der Waals surface area (Å²) in [6, 6.07) is 6.80. The third kappa shape index (κ3) is 3.08. The van der Waals surface area contributed by atoms with Crippen LogP contribution in [0.1, 0.15) is 30.0 Å². The largest absolute Gasteiger partial charge is 0.493 e. The number of nitrogens with two attached hydrogens (primary N) is 1. The first-order valence-electron chi connectivity index (χ1n) is 7.15. The average molecular weight is 262 g/mol. The molecule has 19 heavy (non-hydrogen) atoms. The van der Waals surface area contributed by atoms with Crippen LogP contribution in [0.3, 0.4) is 0 Å². The van der Waals surface area contributed by atoms with Gasteiger partial charge in [0.25, 0.3) is 0 Å². The summed E-state index contributed by atoms with van der Waals surface area (Å²) in [5.41, 5.74) is 8.83. The number of hydrogen-bond acceptors (Lipinski definition) is 4. The SMILES string of the molecule is NC(CC1COCCN1)c1ccc2c(c1)CCCO2. The van der Waals surface area contributed by atoms with Gasteiger partial charge < -0.3 is 20.5 Å². The van der Waals surface area contributed by atoms with Crippen molar-refractivity contribution in [2.24, 2.45) is 5.73 Å². The predicted molar refractivity (Wildman–Crippen MR) is 74.4 cm³/mol. The van der Waals surface area contributed by atoms with Gasteiger partial charge >= 0.3 is 0 Å². The zero-order chi connectivity index (χ0) is 13.1. The van der Waals surface area contributed by atoms with E-state index in [-0.39, 0.29) is 6.04 Å². The summed E-state index contributed by atoms with van der Waals surface area (Å²) >= 11 is 0. The van der Waals surface area contributed by atoms with E-state index >= 15 is 0 Å². The molecule has 3 rings (SSSR count). The minimum Gasteiger partial charge on any atom is -0.493 e. The Balaban J connectivity index is 1.67. The summed E-state index contributed by atoms with van der Waals surface area (Å²) in [6.07, 6.45) is 3.12. The number of aryl methyl sites for hydroxylation is 1. The molecule has 0 aromatic heterocycles. The van der Waals surface area contributed by atoms with Crippen molar-refractivity contribution in [1.29, 1.82) is 0 Å². The summed E-state index contributed by atoms with van der Waals surface area (Å²) in [7, 11) is 0. The molecule has 4 heteroatoms. The molecule has 0 saturated carbocycles. The molecule has 2 unspecified atom stereocenters. The van der Waals surface area contributed by atoms with E-state index in [1.165, 1.54) is 11.1 Å². The fourth-order valence-corrected chi connectivity index (χ4v) is 2.82. The molecule has 4 nitrogen and oxygen atoms in total. The molecule has 2 heterocycles. The Kier molecular flexibility index (Phi) is 4.01. The molecular formula is C15H22N2O2. The van der Waals surface area contributed by atoms with Crippen molar-refractivity contribution in [2.45, 2.75) is 31.3 Å². The van der Waals surface area contributed by atoms with Crippen LogP contribution in [0.5, 0.6) is 5.75 Å². The maximum Gasteiger partial charge on any atom is 0.122 e. The van der Waals surface area contributed by atoms with Gasteiger partial charge in [0.15, 0.2) is 0 Å². The van der Waals surface area contributed by atoms with Crippen LogP contribution in [0.2, 0.25) is 0 Å². The molecule has 0 amide bonds. The van der Waals surface area contributed by atoms with Gasteiger partial charge in [0, 0.05) is 18.6 Å². The monoisotopic (exact) mass is 262 g/mol. The number of ether oxygens (including phenoxy) is 2. The van der Waals surface area contributed by atoms with Crippen LogP contribution >= 0.6 is 0 Å². The highest BCUT2D eigenvalue weighted by molar-refractivity contribution is 5.39. The van der Waals surface area contributed by atoms with Gasteiger partial charge in [-0.3, -0.25) is 0 Å². The molecule has 2 atom stereocenters. The van der Waals surface area contributed by atoms with E-state index in [1.807, 2.05) is 0 Å². The average Bonchev–Trinajstić information content (AvgIpc) is 2.48. The lowest BCUT2D eigenvalue weighted by Crippen LogP contribution is -2.42. The molecule has 0 bridgehead atoms. The van der Waals surface area contributed by atoms with Crippen molar-refractivity contribution in [3.63, 3.8) is 0 Å². The van der Waals surface area contributed by atoms with Crippen LogP contribution in [0.4, 0.5) is 0 Å². The first-order chi connectivity index (χ1) is 9.33. The molecule has 2 aliphatic heterocycles. The Bertz CT molecular complexity index is 430. The summed E-state index contributed by atoms with van der Waals surface area (Å²) in [5, 5.41) is 3.45. The fraction of sp³-hybridized carbons (Fsp3) is 0.600. The lowest BCUT2D eigenvalue weighted by Gasteiger charge is -2.27. The normalized spacial score (nSPS) is 24.4. The van der Waals surface area contributed by atoms with Crippen molar-refractivity contribution in [2.75, 3.05) is 26.4 Å². The van der Waals surface area contributed by atoms with E-state index in [0.29, 0.717) is 6.04 Å². The van der Waals surface area contributed by atoms with Gasteiger partial charge in [0.05, 0.1) is 19.8 Å². The lowest BCUT2D eigenvalue weighted by atomic mass is 9.96. The fourth-order valence-electron chi connectivity index (χ4n) is 2.82. The van der Waals surface area contributed by atoms with Crippen molar-refractivity contribution in [3.8, 4) is 5.75 Å². The van der Waals surface area contributed by atoms with Gasteiger partial charge in [-0.15, -0.1) is 0 Å². The summed E-state index contributed by atoms with van der Waals surface area (Å²) in [6.45, 7) is 3.33. The van der Waals surface area contributed by atoms with E-state index in [1.54, 1.807) is 0 Å². The first kappa shape index (κ1) is 12.9. The molecule has 1 saturated heterocycles. The summed E-state index contributed by atoms with van der Waals surface area (Å²) in [5.74, 6) is 1.03. The van der Waals surface area contributed by atoms with Gasteiger partial charge in [-0.1, -0.05) is 12.1 Å². The topological polar surface area (TPSA) is 56.5 Å². The van der Waals surface area contributed by atoms with Gasteiger partial charge in [-0.2, -0.15) is 0 Å². The molecule has 1 fully saturated rings. The second-order valence-corrected chi connectivity index (χ2v) is 5.39. The minimum atomic E-state index is 0.0615. The Morgan fingerprint density at radius 3 is 3.16 bits per heavy atom. The smallest absolute Gasteiger partial charge is 0.122 e. The number of morpholine rings is 1. The molecular weight excluding hydrogens is 240 g/mol. The first-order valence-corrected chi connectivity index (χ1v) is 7.15. The molecule has 0 radical (unpaired) electrons. The highest BCUT2D eigenvalue weighted by Gasteiger charge is 2.19. The Morgan fingerprint density at radius 1 is 1.37 bits per heavy atom. The van der Waals surface area contributed by atoms with Crippen LogP contribution in [-0.4, -0.2) is 32.4 Å². The maximum atomic E-state index is 6.32. The van der Waals surface area contributed by atoms with Crippen LogP contribution in [0, 0.1) is 0 Å². The van der Waals surface area contributed by atoms with Crippen molar-refractivity contribution in [3.05, 3.63) is 29.3 Å². The second-order valence-electron chi connectivity index (χ2n) is 5.39. The maximum absolute atomic E-state index is 6.32. The van der Waals surface area contributed by atoms with E-state index in [0.717, 1.165) is 51.4 Å². The Hall–Kier alpha value is -1.10. The van der Waals surface area contributed by atoms with E-state index < -0.39 is 0 Å². The van der Waals surface area contributed by atoms with Crippen molar-refractivity contribution < 1.29 is 9.47 Å². The molecule has 1 aromatic carbocycles. The third-order valence-electron chi connectivity index (χ3n) is 3.90. The molecule has 3 N–H and O–H groups in total.